The summed E-state index contributed by atoms with van der Waals surface area (Å²) in [5.41, 5.74) is 5.07. The molecule has 6 heteroatoms. The van der Waals surface area contributed by atoms with E-state index in [-0.39, 0.29) is 23.4 Å². The summed E-state index contributed by atoms with van der Waals surface area (Å²) in [5.74, 6) is -2.15. The zero-order valence-corrected chi connectivity index (χ0v) is 11.6. The number of carbonyl (C=O) groups is 1. The smallest absolute Gasteiger partial charge is 0.257 e. The predicted molar refractivity (Wildman–Crippen MR) is 73.8 cm³/mol. The van der Waals surface area contributed by atoms with Crippen molar-refractivity contribution in [2.75, 3.05) is 18.9 Å². The number of hydrogen-bond donors (Lipinski definition) is 1. The molecule has 2 aliphatic rings. The Kier molecular flexibility index (Phi) is 3.80. The molecule has 3 rings (SSSR count). The molecular weight excluding hydrogens is 278 g/mol. The van der Waals surface area contributed by atoms with Crippen molar-refractivity contribution in [1.82, 2.24) is 4.90 Å². The molecule has 1 aliphatic heterocycles. The molecule has 1 saturated heterocycles. The molecule has 2 unspecified atom stereocenters. The number of carbonyl (C=O) groups excluding carboxylic acids is 1. The van der Waals surface area contributed by atoms with Gasteiger partial charge < -0.3 is 15.4 Å². The van der Waals surface area contributed by atoms with E-state index in [2.05, 4.69) is 0 Å². The number of benzene rings is 1. The zero-order valence-electron chi connectivity index (χ0n) is 11.6. The third-order valence-corrected chi connectivity index (χ3v) is 4.31. The maximum absolute atomic E-state index is 13.9. The molecule has 1 saturated carbocycles. The van der Waals surface area contributed by atoms with Crippen molar-refractivity contribution in [3.05, 3.63) is 29.3 Å². The van der Waals surface area contributed by atoms with Gasteiger partial charge in [0.15, 0.2) is 0 Å². The Balaban J connectivity index is 1.88. The van der Waals surface area contributed by atoms with E-state index in [1.54, 1.807) is 4.90 Å². The van der Waals surface area contributed by atoms with Crippen molar-refractivity contribution in [1.29, 1.82) is 0 Å². The second kappa shape index (κ2) is 5.60. The minimum atomic E-state index is -0.870. The molecule has 1 heterocycles. The van der Waals surface area contributed by atoms with Crippen molar-refractivity contribution in [3.63, 3.8) is 0 Å². The normalized spacial score (nSPS) is 25.5. The molecule has 1 aliphatic carbocycles. The number of morpholine rings is 1. The van der Waals surface area contributed by atoms with Gasteiger partial charge in [-0.3, -0.25) is 4.79 Å². The lowest BCUT2D eigenvalue weighted by atomic mass is 9.89. The number of ether oxygens (including phenoxy) is 1. The van der Waals surface area contributed by atoms with Crippen LogP contribution in [-0.4, -0.2) is 36.1 Å². The van der Waals surface area contributed by atoms with E-state index in [9.17, 15) is 13.6 Å². The number of amides is 1. The van der Waals surface area contributed by atoms with Crippen LogP contribution in [0.25, 0.3) is 0 Å². The van der Waals surface area contributed by atoms with Gasteiger partial charge in [0.25, 0.3) is 5.91 Å². The van der Waals surface area contributed by atoms with Crippen molar-refractivity contribution in [2.24, 2.45) is 0 Å². The summed E-state index contributed by atoms with van der Waals surface area (Å²) in [4.78, 5) is 14.2. The maximum atomic E-state index is 13.9. The van der Waals surface area contributed by atoms with Crippen LogP contribution in [0.15, 0.2) is 12.1 Å². The Hall–Kier alpha value is -1.69. The Morgan fingerprint density at radius 3 is 2.81 bits per heavy atom. The highest BCUT2D eigenvalue weighted by Gasteiger charge is 2.37. The molecule has 0 radical (unpaired) electrons. The second-order valence-electron chi connectivity index (χ2n) is 5.61. The number of nitrogen functional groups attached to an aromatic ring is 1. The summed E-state index contributed by atoms with van der Waals surface area (Å²) >= 11 is 0. The number of nitrogens with two attached hydrogens (primary N) is 1. The first-order chi connectivity index (χ1) is 10.1. The van der Waals surface area contributed by atoms with E-state index in [4.69, 9.17) is 10.5 Å². The molecule has 2 fully saturated rings. The van der Waals surface area contributed by atoms with Crippen LogP contribution in [0.5, 0.6) is 0 Å². The highest BCUT2D eigenvalue weighted by molar-refractivity contribution is 5.95. The summed E-state index contributed by atoms with van der Waals surface area (Å²) in [6, 6.07) is 1.73. The topological polar surface area (TPSA) is 55.6 Å². The lowest BCUT2D eigenvalue weighted by Crippen LogP contribution is -2.55. The van der Waals surface area contributed by atoms with Crippen LogP contribution in [0.2, 0.25) is 0 Å². The Morgan fingerprint density at radius 1 is 1.24 bits per heavy atom. The SMILES string of the molecule is Nc1cc(C(=O)N2CCOC3CCCCC32)c(F)cc1F. The van der Waals surface area contributed by atoms with Crippen molar-refractivity contribution < 1.29 is 18.3 Å². The fourth-order valence-corrected chi connectivity index (χ4v) is 3.23. The van der Waals surface area contributed by atoms with Crippen molar-refractivity contribution in [2.45, 2.75) is 37.8 Å². The van der Waals surface area contributed by atoms with Crippen molar-refractivity contribution in [3.8, 4) is 0 Å². The fourth-order valence-electron chi connectivity index (χ4n) is 3.23. The average Bonchev–Trinajstić information content (AvgIpc) is 2.49. The predicted octanol–water partition coefficient (Wildman–Crippen LogP) is 2.33. The first kappa shape index (κ1) is 14.3. The molecule has 1 aromatic rings. The van der Waals surface area contributed by atoms with Gasteiger partial charge in [0.05, 0.1) is 30.0 Å². The third-order valence-electron chi connectivity index (χ3n) is 4.31. The summed E-state index contributed by atoms with van der Waals surface area (Å²) < 4.78 is 32.8. The molecule has 1 amide bonds. The number of hydrogen-bond acceptors (Lipinski definition) is 3. The van der Waals surface area contributed by atoms with Crippen LogP contribution in [0.1, 0.15) is 36.0 Å². The molecule has 2 N–H and O–H groups in total. The van der Waals surface area contributed by atoms with Crippen LogP contribution < -0.4 is 5.73 Å². The molecule has 0 spiro atoms. The number of rotatable bonds is 1. The Bertz CT molecular complexity index is 563. The van der Waals surface area contributed by atoms with E-state index in [0.29, 0.717) is 19.2 Å². The lowest BCUT2D eigenvalue weighted by molar-refractivity contribution is -0.0753. The summed E-state index contributed by atoms with van der Waals surface area (Å²) in [7, 11) is 0. The quantitative estimate of drug-likeness (QED) is 0.809. The molecular formula is C15H18F2N2O2. The van der Waals surface area contributed by atoms with E-state index >= 15 is 0 Å². The molecule has 2 atom stereocenters. The second-order valence-corrected chi connectivity index (χ2v) is 5.61. The highest BCUT2D eigenvalue weighted by atomic mass is 19.1. The van der Waals surface area contributed by atoms with Crippen LogP contribution >= 0.6 is 0 Å². The number of anilines is 1. The van der Waals surface area contributed by atoms with E-state index in [0.717, 1.165) is 31.7 Å². The maximum Gasteiger partial charge on any atom is 0.257 e. The first-order valence-electron chi connectivity index (χ1n) is 7.25. The zero-order chi connectivity index (χ0) is 15.0. The van der Waals surface area contributed by atoms with Crippen LogP contribution in [0, 0.1) is 11.6 Å². The van der Waals surface area contributed by atoms with Crippen LogP contribution in [-0.2, 0) is 4.74 Å². The van der Waals surface area contributed by atoms with Gasteiger partial charge in [-0.1, -0.05) is 12.8 Å². The number of halogens is 2. The van der Waals surface area contributed by atoms with Gasteiger partial charge in [-0.05, 0) is 18.9 Å². The van der Waals surface area contributed by atoms with E-state index < -0.39 is 17.5 Å². The van der Waals surface area contributed by atoms with Gasteiger partial charge in [0.2, 0.25) is 0 Å². The van der Waals surface area contributed by atoms with Crippen LogP contribution in [0.4, 0.5) is 14.5 Å². The third kappa shape index (κ3) is 2.60. The van der Waals surface area contributed by atoms with E-state index in [1.165, 1.54) is 0 Å². The number of fused-ring (bicyclic) bond motifs is 1. The fraction of sp³-hybridized carbons (Fsp3) is 0.533. The van der Waals surface area contributed by atoms with Crippen molar-refractivity contribution >= 4 is 11.6 Å². The highest BCUT2D eigenvalue weighted by Crippen LogP contribution is 2.30. The molecule has 4 nitrogen and oxygen atoms in total. The average molecular weight is 296 g/mol. The van der Waals surface area contributed by atoms with E-state index in [1.807, 2.05) is 0 Å². The number of nitrogens with zero attached hydrogens (tertiary/aromatic N) is 1. The molecule has 21 heavy (non-hydrogen) atoms. The van der Waals surface area contributed by atoms with Gasteiger partial charge in [-0.25, -0.2) is 8.78 Å². The lowest BCUT2D eigenvalue weighted by Gasteiger charge is -2.43. The molecule has 1 aromatic carbocycles. The van der Waals surface area contributed by atoms with Gasteiger partial charge in [-0.15, -0.1) is 0 Å². The minimum absolute atomic E-state index is 0.0225. The minimum Gasteiger partial charge on any atom is -0.396 e. The Labute approximate surface area is 121 Å². The first-order valence-corrected chi connectivity index (χ1v) is 7.25. The monoisotopic (exact) mass is 296 g/mol. The van der Waals surface area contributed by atoms with Gasteiger partial charge in [0, 0.05) is 12.6 Å². The summed E-state index contributed by atoms with van der Waals surface area (Å²) in [6.45, 7) is 0.877. The molecule has 114 valence electrons. The summed E-state index contributed by atoms with van der Waals surface area (Å²) in [6.07, 6.45) is 3.91. The molecule has 0 bridgehead atoms. The van der Waals surface area contributed by atoms with Gasteiger partial charge >= 0.3 is 0 Å². The standard InChI is InChI=1S/C15H18F2N2O2/c16-10-8-11(17)12(18)7-9(10)15(20)19-5-6-21-14-4-2-1-3-13(14)19/h7-8,13-14H,1-6,18H2. The largest absolute Gasteiger partial charge is 0.396 e. The van der Waals surface area contributed by atoms with Gasteiger partial charge in [-0.2, -0.15) is 0 Å². The Morgan fingerprint density at radius 2 is 2.00 bits per heavy atom. The van der Waals surface area contributed by atoms with Gasteiger partial charge in [0.1, 0.15) is 11.6 Å². The summed E-state index contributed by atoms with van der Waals surface area (Å²) in [5, 5.41) is 0. The molecule has 0 aromatic heterocycles. The van der Waals surface area contributed by atoms with Crippen LogP contribution in [0.3, 0.4) is 0 Å².